The van der Waals surface area contributed by atoms with E-state index in [9.17, 15) is 10.1 Å². The normalized spacial score (nSPS) is 16.1. The van der Waals surface area contributed by atoms with Crippen molar-refractivity contribution < 1.29 is 23.4 Å². The van der Waals surface area contributed by atoms with E-state index in [2.05, 4.69) is 16.5 Å². The molecule has 40 heavy (non-hydrogen) atoms. The lowest BCUT2D eigenvalue weighted by molar-refractivity contribution is 0.0254. The van der Waals surface area contributed by atoms with Crippen LogP contribution in [0.4, 0.5) is 0 Å². The lowest BCUT2D eigenvalue weighted by Gasteiger charge is -2.27. The number of hydrazine groups is 1. The van der Waals surface area contributed by atoms with Crippen molar-refractivity contribution in [2.45, 2.75) is 31.8 Å². The summed E-state index contributed by atoms with van der Waals surface area (Å²) in [5.41, 5.74) is 7.78. The Morgan fingerprint density at radius 2 is 1.95 bits per heavy atom. The topological polar surface area (TPSA) is 110 Å². The summed E-state index contributed by atoms with van der Waals surface area (Å²) in [6.45, 7) is 2.80. The summed E-state index contributed by atoms with van der Waals surface area (Å²) in [5, 5.41) is 11.5. The van der Waals surface area contributed by atoms with E-state index in [0.29, 0.717) is 64.8 Å². The summed E-state index contributed by atoms with van der Waals surface area (Å²) >= 11 is 0. The van der Waals surface area contributed by atoms with Crippen molar-refractivity contribution in [1.29, 1.82) is 5.26 Å². The van der Waals surface area contributed by atoms with Gasteiger partial charge in [-0.2, -0.15) is 5.26 Å². The number of carbonyl (C=O) groups excluding carboxylic acids is 1. The molecule has 0 radical (unpaired) electrons. The Bertz CT molecular complexity index is 1580. The van der Waals surface area contributed by atoms with Crippen LogP contribution in [0.15, 0.2) is 59.1 Å². The van der Waals surface area contributed by atoms with Gasteiger partial charge in [0, 0.05) is 49.3 Å². The molecule has 0 bridgehead atoms. The third-order valence-corrected chi connectivity index (χ3v) is 7.36. The molecule has 0 spiro atoms. The Morgan fingerprint density at radius 3 is 2.73 bits per heavy atom. The van der Waals surface area contributed by atoms with Crippen molar-refractivity contribution in [2.24, 2.45) is 0 Å². The predicted molar refractivity (Wildman–Crippen MR) is 149 cm³/mol. The van der Waals surface area contributed by atoms with Crippen molar-refractivity contribution in [3.63, 3.8) is 0 Å². The van der Waals surface area contributed by atoms with Crippen LogP contribution in [0.3, 0.4) is 0 Å². The van der Waals surface area contributed by atoms with Crippen molar-refractivity contribution in [2.75, 3.05) is 33.4 Å². The molecule has 4 aromatic rings. The van der Waals surface area contributed by atoms with Gasteiger partial charge in [-0.3, -0.25) is 14.8 Å². The molecule has 1 N–H and O–H groups in total. The van der Waals surface area contributed by atoms with Crippen LogP contribution < -0.4 is 14.9 Å². The number of fused-ring (bicyclic) bond motifs is 1. The zero-order valence-corrected chi connectivity index (χ0v) is 22.3. The molecule has 0 atom stereocenters. The van der Waals surface area contributed by atoms with E-state index < -0.39 is 0 Å². The van der Waals surface area contributed by atoms with Crippen LogP contribution in [0.5, 0.6) is 11.5 Å². The smallest absolute Gasteiger partial charge is 0.268 e. The van der Waals surface area contributed by atoms with Crippen LogP contribution in [0.25, 0.3) is 33.6 Å². The second-order valence-electron chi connectivity index (χ2n) is 9.92. The molecule has 2 aliphatic heterocycles. The first-order valence-electron chi connectivity index (χ1n) is 13.6. The van der Waals surface area contributed by atoms with E-state index in [-0.39, 0.29) is 12.0 Å². The van der Waals surface area contributed by atoms with E-state index in [1.54, 1.807) is 30.4 Å². The van der Waals surface area contributed by atoms with Crippen molar-refractivity contribution >= 4 is 17.0 Å². The lowest BCUT2D eigenvalue weighted by Crippen LogP contribution is -2.46. The molecule has 6 rings (SSSR count). The average molecular weight is 539 g/mol. The van der Waals surface area contributed by atoms with Crippen LogP contribution in [0, 0.1) is 11.3 Å². The lowest BCUT2D eigenvalue weighted by atomic mass is 10.0. The summed E-state index contributed by atoms with van der Waals surface area (Å²) in [6, 6.07) is 17.0. The first kappa shape index (κ1) is 25.9. The number of hydrogen-bond donors (Lipinski definition) is 1. The predicted octanol–water partition coefficient (Wildman–Crippen LogP) is 5.34. The molecule has 1 amide bonds. The minimum absolute atomic E-state index is 0.0414. The van der Waals surface area contributed by atoms with Gasteiger partial charge in [-0.25, -0.2) is 5.43 Å². The number of methoxy groups -OCH3 is 1. The second-order valence-corrected chi connectivity index (χ2v) is 9.92. The number of amides is 1. The fourth-order valence-corrected chi connectivity index (χ4v) is 5.20. The number of nitrogens with zero attached hydrogens (tertiary/aromatic N) is 3. The highest BCUT2D eigenvalue weighted by molar-refractivity contribution is 5.96. The SMILES string of the molecule is COc1cc(C(=O)N2CCCCN2)ccc1-c1cc2nccc(-c3ccc(OC4CCOCC4)c(C#N)c3)c2o1. The van der Waals surface area contributed by atoms with Crippen LogP contribution in [0.1, 0.15) is 41.6 Å². The van der Waals surface area contributed by atoms with Crippen LogP contribution in [0.2, 0.25) is 0 Å². The molecule has 4 heterocycles. The zero-order chi connectivity index (χ0) is 27.5. The van der Waals surface area contributed by atoms with E-state index in [4.69, 9.17) is 18.6 Å². The number of carbonyl (C=O) groups is 1. The highest BCUT2D eigenvalue weighted by Gasteiger charge is 2.22. The molecule has 2 aliphatic rings. The highest BCUT2D eigenvalue weighted by atomic mass is 16.5. The summed E-state index contributed by atoms with van der Waals surface area (Å²) in [6.07, 6.45) is 5.41. The van der Waals surface area contributed by atoms with Gasteiger partial charge in [0.2, 0.25) is 0 Å². The highest BCUT2D eigenvalue weighted by Crippen LogP contribution is 2.38. The maximum Gasteiger partial charge on any atom is 0.268 e. The number of furan rings is 1. The third kappa shape index (κ3) is 5.11. The molecule has 204 valence electrons. The largest absolute Gasteiger partial charge is 0.496 e. The first-order valence-corrected chi connectivity index (χ1v) is 13.6. The van der Waals surface area contributed by atoms with Crippen molar-refractivity contribution in [3.05, 3.63) is 65.9 Å². The molecule has 2 aromatic carbocycles. The molecule has 2 fully saturated rings. The number of aromatic nitrogens is 1. The van der Waals surface area contributed by atoms with Crippen molar-refractivity contribution in [1.82, 2.24) is 15.4 Å². The molecule has 0 saturated carbocycles. The Labute approximate surface area is 232 Å². The Hall–Kier alpha value is -4.39. The monoisotopic (exact) mass is 538 g/mol. The molecule has 2 saturated heterocycles. The zero-order valence-electron chi connectivity index (χ0n) is 22.3. The summed E-state index contributed by atoms with van der Waals surface area (Å²) < 4.78 is 23.5. The average Bonchev–Trinajstić information content (AvgIpc) is 3.46. The van der Waals surface area contributed by atoms with Gasteiger partial charge in [0.25, 0.3) is 5.91 Å². The summed E-state index contributed by atoms with van der Waals surface area (Å²) in [7, 11) is 1.58. The minimum Gasteiger partial charge on any atom is -0.496 e. The van der Waals surface area contributed by atoms with E-state index >= 15 is 0 Å². The second kappa shape index (κ2) is 11.4. The summed E-state index contributed by atoms with van der Waals surface area (Å²) in [5.74, 6) is 1.59. The fraction of sp³-hybridized carbons (Fsp3) is 0.323. The molecule has 0 aliphatic carbocycles. The third-order valence-electron chi connectivity index (χ3n) is 7.36. The van der Waals surface area contributed by atoms with Gasteiger partial charge in [-0.15, -0.1) is 0 Å². The quantitative estimate of drug-likeness (QED) is 0.350. The molecule has 9 nitrogen and oxygen atoms in total. The number of ether oxygens (including phenoxy) is 3. The van der Waals surface area contributed by atoms with Gasteiger partial charge in [-0.05, 0) is 54.8 Å². The number of benzene rings is 2. The molecule has 0 unspecified atom stereocenters. The van der Waals surface area contributed by atoms with E-state index in [1.165, 1.54) is 0 Å². The van der Waals surface area contributed by atoms with Crippen molar-refractivity contribution in [3.8, 4) is 40.0 Å². The minimum atomic E-state index is -0.0874. The Morgan fingerprint density at radius 1 is 1.07 bits per heavy atom. The molecule has 9 heteroatoms. The van der Waals surface area contributed by atoms with Gasteiger partial charge < -0.3 is 18.6 Å². The number of pyridine rings is 1. The Kier molecular flexibility index (Phi) is 7.36. The fourth-order valence-electron chi connectivity index (χ4n) is 5.20. The maximum absolute atomic E-state index is 13.0. The number of nitrogens with one attached hydrogen (secondary N) is 1. The molecular weight excluding hydrogens is 508 g/mol. The first-order chi connectivity index (χ1) is 19.6. The van der Waals surface area contributed by atoms with Gasteiger partial charge in [0.05, 0.1) is 31.5 Å². The van der Waals surface area contributed by atoms with Gasteiger partial charge in [-0.1, -0.05) is 6.07 Å². The number of hydrogen-bond acceptors (Lipinski definition) is 8. The number of nitriles is 1. The molecule has 2 aromatic heterocycles. The molecular formula is C31H30N4O5. The maximum atomic E-state index is 13.0. The Balaban J connectivity index is 1.31. The standard InChI is InChI=1S/C31H30N4O5/c1-37-28-17-21(31(36)35-13-3-2-11-34-35)4-6-25(28)29-18-26-30(40-29)24(8-12-33-26)20-5-7-27(22(16-20)19-32)39-23-9-14-38-15-10-23/h4-8,12,16-18,23,34H,2-3,9-11,13-15H2,1H3. The van der Waals surface area contributed by atoms with Gasteiger partial charge in [0.1, 0.15) is 34.9 Å². The van der Waals surface area contributed by atoms with Crippen LogP contribution in [-0.2, 0) is 4.74 Å². The number of rotatable bonds is 6. The van der Waals surface area contributed by atoms with Gasteiger partial charge in [0.15, 0.2) is 5.58 Å². The van der Waals surface area contributed by atoms with Crippen LogP contribution >= 0.6 is 0 Å². The summed E-state index contributed by atoms with van der Waals surface area (Å²) in [4.78, 5) is 17.5. The van der Waals surface area contributed by atoms with E-state index in [1.807, 2.05) is 36.4 Å². The van der Waals surface area contributed by atoms with Gasteiger partial charge >= 0.3 is 0 Å². The van der Waals surface area contributed by atoms with E-state index in [0.717, 1.165) is 43.4 Å². The van der Waals surface area contributed by atoms with Crippen LogP contribution in [-0.4, -0.2) is 55.4 Å².